The highest BCUT2D eigenvalue weighted by Gasteiger charge is 2.56. The first kappa shape index (κ1) is 32.2. The molecule has 3 saturated carbocycles. The van der Waals surface area contributed by atoms with Crippen LogP contribution in [0.15, 0.2) is 60.7 Å². The van der Waals surface area contributed by atoms with Crippen LogP contribution < -0.4 is 0 Å². The number of fused-ring (bicyclic) bond motifs is 2. The first-order valence-electron chi connectivity index (χ1n) is 15.6. The molecule has 7 unspecified atom stereocenters. The Bertz CT molecular complexity index is 1040. The molecule has 4 nitrogen and oxygen atoms in total. The van der Waals surface area contributed by atoms with Gasteiger partial charge in [0.25, 0.3) is 0 Å². The minimum atomic E-state index is -0.519. The van der Waals surface area contributed by atoms with E-state index in [4.69, 9.17) is 0 Å². The number of Topliss-reactive ketones (excluding diaryl/α,β-unsaturated/α-hetero) is 2. The highest BCUT2D eigenvalue weighted by Crippen LogP contribution is 2.62. The van der Waals surface area contributed by atoms with E-state index in [9.17, 15) is 19.8 Å². The molecule has 0 aliphatic heterocycles. The zero-order valence-electron chi connectivity index (χ0n) is 25.4. The standard InChI is InChI=1S/C19H26O2.C17H26O2/c1-12(17(20)13-7-5-4-6-8-13)18(21)15-10-9-14-11-16(15)19(14,2)3;1-3-4-5-6-10-13-16(18)14(2)17(19)15-11-8-7-9-12-15/h4-8,12,14-16,18,21H,9-11H2,1-3H3;7-9,11-12,14,16,18H,3-6,10,13H2,1-2H3. The first-order valence-corrected chi connectivity index (χ1v) is 15.6. The van der Waals surface area contributed by atoms with Gasteiger partial charge in [0.15, 0.2) is 11.6 Å². The third kappa shape index (κ3) is 7.91. The van der Waals surface area contributed by atoms with Gasteiger partial charge in [0.1, 0.15) is 0 Å². The van der Waals surface area contributed by atoms with E-state index >= 15 is 0 Å². The van der Waals surface area contributed by atoms with Crippen molar-refractivity contribution in [3.05, 3.63) is 71.8 Å². The van der Waals surface area contributed by atoms with Crippen molar-refractivity contribution in [2.45, 2.75) is 105 Å². The lowest BCUT2D eigenvalue weighted by molar-refractivity contribution is -0.142. The lowest BCUT2D eigenvalue weighted by Gasteiger charge is -2.61. The molecular formula is C36H52O4. The number of benzene rings is 2. The smallest absolute Gasteiger partial charge is 0.168 e. The van der Waals surface area contributed by atoms with E-state index in [1.807, 2.05) is 74.5 Å². The molecule has 2 N–H and O–H groups in total. The Morgan fingerprint density at radius 1 is 0.800 bits per heavy atom. The summed E-state index contributed by atoms with van der Waals surface area (Å²) in [4.78, 5) is 24.7. The molecule has 0 spiro atoms. The largest absolute Gasteiger partial charge is 0.392 e. The van der Waals surface area contributed by atoms with Gasteiger partial charge >= 0.3 is 0 Å². The summed E-state index contributed by atoms with van der Waals surface area (Å²) in [7, 11) is 0. The Kier molecular flexibility index (Phi) is 12.1. The Morgan fingerprint density at radius 3 is 1.82 bits per heavy atom. The molecule has 2 aromatic carbocycles. The summed E-state index contributed by atoms with van der Waals surface area (Å²) in [6.07, 6.45) is 9.08. The van der Waals surface area contributed by atoms with Crippen molar-refractivity contribution >= 4 is 11.6 Å². The predicted octanol–water partition coefficient (Wildman–Crippen LogP) is 8.17. The van der Waals surface area contributed by atoms with Crippen molar-refractivity contribution in [3.8, 4) is 0 Å². The minimum absolute atomic E-state index is 0.0432. The van der Waals surface area contributed by atoms with Gasteiger partial charge in [0, 0.05) is 23.0 Å². The van der Waals surface area contributed by atoms with Crippen LogP contribution in [0.4, 0.5) is 0 Å². The molecule has 3 aliphatic rings. The maximum Gasteiger partial charge on any atom is 0.168 e. The number of ketones is 2. The van der Waals surface area contributed by atoms with E-state index in [1.165, 1.54) is 32.1 Å². The topological polar surface area (TPSA) is 74.6 Å². The maximum atomic E-state index is 12.5. The third-order valence-corrected chi connectivity index (χ3v) is 9.99. The summed E-state index contributed by atoms with van der Waals surface area (Å²) in [5.74, 6) is 1.18. The second kappa shape index (κ2) is 15.1. The molecule has 0 heterocycles. The lowest BCUT2D eigenvalue weighted by Crippen LogP contribution is -2.56. The monoisotopic (exact) mass is 548 g/mol. The highest BCUT2D eigenvalue weighted by molar-refractivity contribution is 5.98. The fourth-order valence-corrected chi connectivity index (χ4v) is 6.91. The molecule has 0 radical (unpaired) electrons. The summed E-state index contributed by atoms with van der Waals surface area (Å²) in [6.45, 7) is 10.6. The van der Waals surface area contributed by atoms with Gasteiger partial charge in [-0.2, -0.15) is 0 Å². The van der Waals surface area contributed by atoms with Gasteiger partial charge in [-0.1, -0.05) is 127 Å². The Morgan fingerprint density at radius 2 is 1.32 bits per heavy atom. The lowest BCUT2D eigenvalue weighted by atomic mass is 9.44. The quantitative estimate of drug-likeness (QED) is 0.196. The average molecular weight is 549 g/mol. The number of hydrogen-bond acceptors (Lipinski definition) is 4. The third-order valence-electron chi connectivity index (χ3n) is 9.99. The normalized spacial score (nSPS) is 23.9. The van der Waals surface area contributed by atoms with Gasteiger partial charge in [-0.3, -0.25) is 9.59 Å². The van der Waals surface area contributed by atoms with Crippen LogP contribution in [-0.2, 0) is 0 Å². The van der Waals surface area contributed by atoms with Crippen LogP contribution in [0, 0.1) is 35.0 Å². The van der Waals surface area contributed by atoms with E-state index in [0.29, 0.717) is 22.5 Å². The second-order valence-corrected chi connectivity index (χ2v) is 12.9. The Balaban J connectivity index is 0.000000222. The van der Waals surface area contributed by atoms with Crippen molar-refractivity contribution in [2.24, 2.45) is 35.0 Å². The maximum absolute atomic E-state index is 12.5. The number of aliphatic hydroxyl groups is 2. The van der Waals surface area contributed by atoms with E-state index in [2.05, 4.69) is 20.8 Å². The molecule has 3 fully saturated rings. The highest BCUT2D eigenvalue weighted by atomic mass is 16.3. The molecule has 0 amide bonds. The van der Waals surface area contributed by atoms with Crippen LogP contribution in [0.5, 0.6) is 0 Å². The molecule has 7 atom stereocenters. The van der Waals surface area contributed by atoms with Gasteiger partial charge in [-0.05, 0) is 48.9 Å². The van der Waals surface area contributed by atoms with Crippen LogP contribution in [0.3, 0.4) is 0 Å². The number of carbonyl (C=O) groups is 2. The Labute approximate surface area is 242 Å². The number of unbranched alkanes of at least 4 members (excludes halogenated alkanes) is 4. The summed E-state index contributed by atoms with van der Waals surface area (Å²) in [5, 5.41) is 20.9. The van der Waals surface area contributed by atoms with Crippen molar-refractivity contribution < 1.29 is 19.8 Å². The molecule has 2 bridgehead atoms. The first-order chi connectivity index (χ1) is 19.1. The number of aliphatic hydroxyl groups excluding tert-OH is 2. The summed E-state index contributed by atoms with van der Waals surface area (Å²) < 4.78 is 0. The van der Waals surface area contributed by atoms with Crippen molar-refractivity contribution in [2.75, 3.05) is 0 Å². The van der Waals surface area contributed by atoms with Gasteiger partial charge in [-0.25, -0.2) is 0 Å². The van der Waals surface area contributed by atoms with E-state index in [1.54, 1.807) is 0 Å². The zero-order chi connectivity index (χ0) is 29.3. The van der Waals surface area contributed by atoms with Gasteiger partial charge in [0.05, 0.1) is 12.2 Å². The molecule has 5 rings (SSSR count). The minimum Gasteiger partial charge on any atom is -0.392 e. The van der Waals surface area contributed by atoms with Crippen molar-refractivity contribution in [3.63, 3.8) is 0 Å². The van der Waals surface area contributed by atoms with Gasteiger partial charge < -0.3 is 10.2 Å². The molecule has 0 saturated heterocycles. The second-order valence-electron chi connectivity index (χ2n) is 12.9. The number of hydrogen-bond donors (Lipinski definition) is 2. The van der Waals surface area contributed by atoms with Crippen molar-refractivity contribution in [1.29, 1.82) is 0 Å². The van der Waals surface area contributed by atoms with Crippen LogP contribution in [0.1, 0.15) is 113 Å². The van der Waals surface area contributed by atoms with Crippen LogP contribution in [0.2, 0.25) is 0 Å². The van der Waals surface area contributed by atoms with Crippen molar-refractivity contribution in [1.82, 2.24) is 0 Å². The Hall–Kier alpha value is -2.30. The summed E-state index contributed by atoms with van der Waals surface area (Å²) in [6, 6.07) is 18.6. The van der Waals surface area contributed by atoms with Crippen LogP contribution in [0.25, 0.3) is 0 Å². The molecule has 220 valence electrons. The molecule has 2 aromatic rings. The predicted molar refractivity (Wildman–Crippen MR) is 163 cm³/mol. The van der Waals surface area contributed by atoms with Crippen LogP contribution in [-0.4, -0.2) is 34.0 Å². The summed E-state index contributed by atoms with van der Waals surface area (Å²) in [5.41, 5.74) is 1.75. The zero-order valence-corrected chi connectivity index (χ0v) is 25.4. The SMILES string of the molecule is CC(C(=O)c1ccccc1)C(O)C1CCC2CC1C2(C)C.CCCCCCCC(O)C(C)C(=O)c1ccccc1. The van der Waals surface area contributed by atoms with Gasteiger partial charge in [0.2, 0.25) is 0 Å². The molecule has 4 heteroatoms. The molecule has 3 aliphatic carbocycles. The fourth-order valence-electron chi connectivity index (χ4n) is 6.91. The average Bonchev–Trinajstić information content (AvgIpc) is 3.00. The molecule has 40 heavy (non-hydrogen) atoms. The van der Waals surface area contributed by atoms with Gasteiger partial charge in [-0.15, -0.1) is 0 Å². The fraction of sp³-hybridized carbons (Fsp3) is 0.611. The van der Waals surface area contributed by atoms with E-state index in [0.717, 1.165) is 31.6 Å². The molecule has 0 aromatic heterocycles. The number of carbonyl (C=O) groups excluding carboxylic acids is 2. The molecular weight excluding hydrogens is 496 g/mol. The van der Waals surface area contributed by atoms with E-state index in [-0.39, 0.29) is 29.3 Å². The summed E-state index contributed by atoms with van der Waals surface area (Å²) >= 11 is 0. The number of rotatable bonds is 13. The van der Waals surface area contributed by atoms with Crippen LogP contribution >= 0.6 is 0 Å². The van der Waals surface area contributed by atoms with E-state index < -0.39 is 12.2 Å².